The second-order valence-electron chi connectivity index (χ2n) is 7.84. The molecule has 0 aliphatic heterocycles. The largest absolute Gasteiger partial charge is 0.495 e. The molecule has 1 fully saturated rings. The Morgan fingerprint density at radius 1 is 1.27 bits per heavy atom. The third-order valence-corrected chi connectivity index (χ3v) is 6.80. The number of aliphatic hydroxyl groups is 1. The Balaban J connectivity index is 1.77. The third kappa shape index (κ3) is 5.03. The Morgan fingerprint density at radius 3 is 2.57 bits per heavy atom. The second kappa shape index (κ2) is 8.79. The molecule has 1 aromatic carbocycles. The molecule has 1 heterocycles. The van der Waals surface area contributed by atoms with Gasteiger partial charge in [0.05, 0.1) is 13.7 Å². The van der Waals surface area contributed by atoms with Crippen LogP contribution in [0.25, 0.3) is 0 Å². The van der Waals surface area contributed by atoms with E-state index in [1.807, 2.05) is 0 Å². The first kappa shape index (κ1) is 22.3. The first-order valence-corrected chi connectivity index (χ1v) is 11.4. The van der Waals surface area contributed by atoms with Gasteiger partial charge in [0.2, 0.25) is 10.0 Å². The minimum absolute atomic E-state index is 0.0852. The van der Waals surface area contributed by atoms with E-state index >= 15 is 0 Å². The highest BCUT2D eigenvalue weighted by Gasteiger charge is 2.29. The van der Waals surface area contributed by atoms with Gasteiger partial charge in [0.25, 0.3) is 5.91 Å². The van der Waals surface area contributed by atoms with Crippen LogP contribution in [0, 0.1) is 6.92 Å². The van der Waals surface area contributed by atoms with Gasteiger partial charge in [0.1, 0.15) is 27.8 Å². The summed E-state index contributed by atoms with van der Waals surface area (Å²) in [4.78, 5) is 12.6. The van der Waals surface area contributed by atoms with Crippen molar-refractivity contribution < 1.29 is 27.5 Å². The van der Waals surface area contributed by atoms with Gasteiger partial charge in [-0.25, -0.2) is 13.1 Å². The lowest BCUT2D eigenvalue weighted by Crippen LogP contribution is -2.38. The molecule has 0 bridgehead atoms. The number of carbonyl (C=O) groups excluding carboxylic acids is 1. The standard InChI is InChI=1S/C21H28N2O6S/c1-14-8-11-19(29-14)21(2,25)13-22-20(24)15-9-10-17(28-3)18(12-15)30(26,27)23-16-6-4-5-7-16/h8-12,16,23,25H,4-7,13H2,1-3H3,(H,22,24). The summed E-state index contributed by atoms with van der Waals surface area (Å²) in [6.45, 7) is 3.19. The molecule has 2 aromatic rings. The molecule has 1 atom stereocenters. The van der Waals surface area contributed by atoms with Gasteiger partial charge in [-0.15, -0.1) is 0 Å². The van der Waals surface area contributed by atoms with Crippen LogP contribution < -0.4 is 14.8 Å². The summed E-state index contributed by atoms with van der Waals surface area (Å²) in [7, 11) is -2.46. The molecule has 1 aromatic heterocycles. The number of ether oxygens (including phenoxy) is 1. The summed E-state index contributed by atoms with van der Waals surface area (Å²) in [6, 6.07) is 7.49. The fourth-order valence-electron chi connectivity index (χ4n) is 3.52. The van der Waals surface area contributed by atoms with E-state index in [2.05, 4.69) is 10.0 Å². The summed E-state index contributed by atoms with van der Waals surface area (Å²) < 4.78 is 39.1. The zero-order chi connectivity index (χ0) is 21.9. The molecule has 1 amide bonds. The average Bonchev–Trinajstić information content (AvgIpc) is 3.37. The van der Waals surface area contributed by atoms with Crippen molar-refractivity contribution in [3.8, 4) is 5.75 Å². The molecule has 3 N–H and O–H groups in total. The first-order valence-electron chi connectivity index (χ1n) is 9.90. The number of sulfonamides is 1. The van der Waals surface area contributed by atoms with Crippen molar-refractivity contribution in [2.45, 2.75) is 56.1 Å². The number of furan rings is 1. The quantitative estimate of drug-likeness (QED) is 0.585. The highest BCUT2D eigenvalue weighted by atomic mass is 32.2. The molecule has 30 heavy (non-hydrogen) atoms. The molecule has 164 valence electrons. The number of aryl methyl sites for hydroxylation is 1. The van der Waals surface area contributed by atoms with Crippen molar-refractivity contribution in [3.05, 3.63) is 47.4 Å². The monoisotopic (exact) mass is 436 g/mol. The third-order valence-electron chi connectivity index (χ3n) is 5.26. The van der Waals surface area contributed by atoms with E-state index in [1.165, 1.54) is 32.2 Å². The van der Waals surface area contributed by atoms with E-state index in [-0.39, 0.29) is 28.8 Å². The number of benzene rings is 1. The molecule has 1 aliphatic rings. The Hall–Kier alpha value is -2.36. The van der Waals surface area contributed by atoms with Crippen LogP contribution in [0.15, 0.2) is 39.6 Å². The van der Waals surface area contributed by atoms with Crippen molar-refractivity contribution in [1.82, 2.24) is 10.0 Å². The van der Waals surface area contributed by atoms with Gasteiger partial charge in [0.15, 0.2) is 0 Å². The van der Waals surface area contributed by atoms with Gasteiger partial charge < -0.3 is 19.6 Å². The van der Waals surface area contributed by atoms with E-state index in [0.717, 1.165) is 25.7 Å². The van der Waals surface area contributed by atoms with Crippen molar-refractivity contribution in [1.29, 1.82) is 0 Å². The van der Waals surface area contributed by atoms with Gasteiger partial charge in [-0.1, -0.05) is 12.8 Å². The Labute approximate surface area is 176 Å². The fourth-order valence-corrected chi connectivity index (χ4v) is 5.02. The lowest BCUT2D eigenvalue weighted by molar-refractivity contribution is 0.0323. The van der Waals surface area contributed by atoms with Crippen LogP contribution in [0.5, 0.6) is 5.75 Å². The van der Waals surface area contributed by atoms with E-state index in [1.54, 1.807) is 19.1 Å². The van der Waals surface area contributed by atoms with Gasteiger partial charge in [0, 0.05) is 11.6 Å². The van der Waals surface area contributed by atoms with E-state index in [0.29, 0.717) is 11.5 Å². The number of methoxy groups -OCH3 is 1. The minimum Gasteiger partial charge on any atom is -0.495 e. The summed E-state index contributed by atoms with van der Waals surface area (Å²) in [6.07, 6.45) is 3.57. The predicted molar refractivity (Wildman–Crippen MR) is 111 cm³/mol. The zero-order valence-electron chi connectivity index (χ0n) is 17.4. The van der Waals surface area contributed by atoms with Gasteiger partial charge in [-0.3, -0.25) is 4.79 Å². The van der Waals surface area contributed by atoms with Crippen LogP contribution in [0.1, 0.15) is 54.5 Å². The lowest BCUT2D eigenvalue weighted by atomic mass is 10.0. The molecule has 3 rings (SSSR count). The molecule has 0 saturated heterocycles. The maximum Gasteiger partial charge on any atom is 0.251 e. The van der Waals surface area contributed by atoms with Gasteiger partial charge in [-0.2, -0.15) is 0 Å². The average molecular weight is 437 g/mol. The number of carbonyl (C=O) groups is 1. The highest BCUT2D eigenvalue weighted by molar-refractivity contribution is 7.89. The van der Waals surface area contributed by atoms with Crippen molar-refractivity contribution in [2.75, 3.05) is 13.7 Å². The second-order valence-corrected chi connectivity index (χ2v) is 9.52. The first-order chi connectivity index (χ1) is 14.1. The maximum absolute atomic E-state index is 12.9. The van der Waals surface area contributed by atoms with Crippen LogP contribution in [0.3, 0.4) is 0 Å². The summed E-state index contributed by atoms with van der Waals surface area (Å²) in [5, 5.41) is 13.2. The predicted octanol–water partition coefficient (Wildman–Crippen LogP) is 2.46. The van der Waals surface area contributed by atoms with Crippen LogP contribution in [0.4, 0.5) is 0 Å². The fraction of sp³-hybridized carbons (Fsp3) is 0.476. The SMILES string of the molecule is COc1ccc(C(=O)NCC(C)(O)c2ccc(C)o2)cc1S(=O)(=O)NC1CCCC1. The number of hydrogen-bond acceptors (Lipinski definition) is 6. The number of hydrogen-bond donors (Lipinski definition) is 3. The van der Waals surface area contributed by atoms with E-state index in [9.17, 15) is 18.3 Å². The van der Waals surface area contributed by atoms with Gasteiger partial charge in [-0.05, 0) is 57.0 Å². The smallest absolute Gasteiger partial charge is 0.251 e. The maximum atomic E-state index is 12.9. The Kier molecular flexibility index (Phi) is 6.54. The van der Waals surface area contributed by atoms with Crippen molar-refractivity contribution >= 4 is 15.9 Å². The summed E-state index contributed by atoms with van der Waals surface area (Å²) in [5.74, 6) is 0.629. The molecular formula is C21H28N2O6S. The van der Waals surface area contributed by atoms with Crippen molar-refractivity contribution in [3.63, 3.8) is 0 Å². The summed E-state index contributed by atoms with van der Waals surface area (Å²) >= 11 is 0. The molecule has 1 unspecified atom stereocenters. The number of rotatable bonds is 8. The molecule has 1 saturated carbocycles. The van der Waals surface area contributed by atoms with Crippen LogP contribution in [-0.4, -0.2) is 39.1 Å². The van der Waals surface area contributed by atoms with Crippen LogP contribution in [-0.2, 0) is 15.6 Å². The topological polar surface area (TPSA) is 118 Å². The molecule has 9 heteroatoms. The lowest BCUT2D eigenvalue weighted by Gasteiger charge is -2.21. The Morgan fingerprint density at radius 2 is 1.97 bits per heavy atom. The minimum atomic E-state index is -3.85. The molecular weight excluding hydrogens is 408 g/mol. The van der Waals surface area contributed by atoms with Crippen molar-refractivity contribution in [2.24, 2.45) is 0 Å². The highest BCUT2D eigenvalue weighted by Crippen LogP contribution is 2.28. The molecule has 8 nitrogen and oxygen atoms in total. The molecule has 0 spiro atoms. The van der Waals surface area contributed by atoms with E-state index in [4.69, 9.17) is 9.15 Å². The molecule has 0 radical (unpaired) electrons. The normalized spacial score (nSPS) is 16.9. The van der Waals surface area contributed by atoms with E-state index < -0.39 is 21.5 Å². The van der Waals surface area contributed by atoms with Crippen LogP contribution >= 0.6 is 0 Å². The Bertz CT molecular complexity index is 1010. The molecule has 1 aliphatic carbocycles. The number of amides is 1. The zero-order valence-corrected chi connectivity index (χ0v) is 18.2. The summed E-state index contributed by atoms with van der Waals surface area (Å²) in [5.41, 5.74) is -1.26. The van der Waals surface area contributed by atoms with Gasteiger partial charge >= 0.3 is 0 Å². The number of nitrogens with one attached hydrogen (secondary N) is 2. The van der Waals surface area contributed by atoms with Crippen LogP contribution in [0.2, 0.25) is 0 Å².